The summed E-state index contributed by atoms with van der Waals surface area (Å²) in [7, 11) is 0. The Morgan fingerprint density at radius 2 is 0.674 bits per heavy atom. The molecule has 6 aromatic carbocycles. The molecule has 0 saturated carbocycles. The van der Waals surface area contributed by atoms with Crippen molar-refractivity contribution in [2.24, 2.45) is 0 Å². The van der Waals surface area contributed by atoms with Crippen LogP contribution in [-0.2, 0) is 10.8 Å². The maximum atomic E-state index is 6.16. The second-order valence-electron chi connectivity index (χ2n) is 12.8. The number of ether oxygens (including phenoxy) is 2. The molecule has 0 aliphatic rings. The van der Waals surface area contributed by atoms with E-state index in [1.54, 1.807) is 0 Å². The van der Waals surface area contributed by atoms with Crippen molar-refractivity contribution in [3.63, 3.8) is 0 Å². The average Bonchev–Trinajstić information content (AvgIpc) is 3.06. The molecule has 4 heteroatoms. The standard InChI is InChI=1S/C42H40N2O2/c1-41(2,33-7-5-9-35(43)27-33)31-15-23-39(24-16-31)45-37-19-11-29(12-20-37)30-13-21-38(22-14-30)46-40-25-17-32(18-26-40)42(3,4)34-8-6-10-36(44)28-34/h5-28H,43-44H2,1-4H3. The van der Waals surface area contributed by atoms with Crippen molar-refractivity contribution in [3.8, 4) is 34.1 Å². The Balaban J connectivity index is 1.07. The number of rotatable bonds is 9. The second-order valence-corrected chi connectivity index (χ2v) is 12.8. The van der Waals surface area contributed by atoms with Gasteiger partial charge in [0.05, 0.1) is 0 Å². The van der Waals surface area contributed by atoms with Crippen LogP contribution in [-0.4, -0.2) is 0 Å². The maximum Gasteiger partial charge on any atom is 0.127 e. The lowest BCUT2D eigenvalue weighted by Gasteiger charge is -2.26. The maximum absolute atomic E-state index is 6.16. The van der Waals surface area contributed by atoms with Crippen LogP contribution in [0.15, 0.2) is 146 Å². The van der Waals surface area contributed by atoms with Crippen molar-refractivity contribution in [2.75, 3.05) is 11.5 Å². The Bertz CT molecular complexity index is 1780. The van der Waals surface area contributed by atoms with E-state index in [0.29, 0.717) is 0 Å². The molecule has 4 nitrogen and oxygen atoms in total. The molecule has 0 saturated heterocycles. The molecule has 0 spiro atoms. The molecule has 0 unspecified atom stereocenters. The van der Waals surface area contributed by atoms with Crippen molar-refractivity contribution >= 4 is 11.4 Å². The fraction of sp³-hybridized carbons (Fsp3) is 0.143. The first-order valence-corrected chi connectivity index (χ1v) is 15.6. The monoisotopic (exact) mass is 604 g/mol. The van der Waals surface area contributed by atoms with Gasteiger partial charge in [0, 0.05) is 22.2 Å². The molecule has 4 N–H and O–H groups in total. The Kier molecular flexibility index (Phi) is 8.29. The van der Waals surface area contributed by atoms with E-state index < -0.39 is 0 Å². The van der Waals surface area contributed by atoms with Gasteiger partial charge in [-0.05, 0) is 106 Å². The predicted molar refractivity (Wildman–Crippen MR) is 191 cm³/mol. The molecule has 0 heterocycles. The van der Waals surface area contributed by atoms with Crippen LogP contribution in [0.1, 0.15) is 49.9 Å². The lowest BCUT2D eigenvalue weighted by molar-refractivity contribution is 0.481. The molecule has 0 aliphatic carbocycles. The highest BCUT2D eigenvalue weighted by molar-refractivity contribution is 5.65. The van der Waals surface area contributed by atoms with E-state index in [9.17, 15) is 0 Å². The van der Waals surface area contributed by atoms with Crippen LogP contribution in [0.4, 0.5) is 11.4 Å². The molecule has 230 valence electrons. The Morgan fingerprint density at radius 3 is 0.978 bits per heavy atom. The molecular formula is C42H40N2O2. The van der Waals surface area contributed by atoms with Gasteiger partial charge in [0.2, 0.25) is 0 Å². The fourth-order valence-electron chi connectivity index (χ4n) is 5.77. The first-order chi connectivity index (χ1) is 22.1. The van der Waals surface area contributed by atoms with Crippen molar-refractivity contribution in [2.45, 2.75) is 38.5 Å². The third-order valence-electron chi connectivity index (χ3n) is 8.88. The Morgan fingerprint density at radius 1 is 0.370 bits per heavy atom. The van der Waals surface area contributed by atoms with E-state index >= 15 is 0 Å². The first-order valence-electron chi connectivity index (χ1n) is 15.6. The van der Waals surface area contributed by atoms with Gasteiger partial charge in [0.1, 0.15) is 23.0 Å². The van der Waals surface area contributed by atoms with Gasteiger partial charge in [-0.25, -0.2) is 0 Å². The van der Waals surface area contributed by atoms with Crippen LogP contribution in [0.5, 0.6) is 23.0 Å². The topological polar surface area (TPSA) is 70.5 Å². The van der Waals surface area contributed by atoms with Crippen LogP contribution < -0.4 is 20.9 Å². The van der Waals surface area contributed by atoms with Crippen LogP contribution in [0, 0.1) is 0 Å². The van der Waals surface area contributed by atoms with Gasteiger partial charge in [-0.3, -0.25) is 0 Å². The number of benzene rings is 6. The van der Waals surface area contributed by atoms with Gasteiger partial charge in [0.25, 0.3) is 0 Å². The van der Waals surface area contributed by atoms with E-state index in [1.807, 2.05) is 84.9 Å². The van der Waals surface area contributed by atoms with E-state index in [2.05, 4.69) is 88.4 Å². The number of nitrogen functional groups attached to an aromatic ring is 2. The minimum atomic E-state index is -0.170. The summed E-state index contributed by atoms with van der Waals surface area (Å²) < 4.78 is 12.3. The van der Waals surface area contributed by atoms with Crippen molar-refractivity contribution in [1.82, 2.24) is 0 Å². The number of hydrogen-bond acceptors (Lipinski definition) is 4. The summed E-state index contributed by atoms with van der Waals surface area (Å²) in [6.45, 7) is 8.82. The molecule has 6 aromatic rings. The SMILES string of the molecule is CC(C)(c1ccc(Oc2ccc(-c3ccc(Oc4ccc(C(C)(C)c5cccc(N)c5)cc4)cc3)cc2)cc1)c1cccc(N)c1. The summed E-state index contributed by atoms with van der Waals surface area (Å²) in [5.41, 5.74) is 20.2. The van der Waals surface area contributed by atoms with Gasteiger partial charge < -0.3 is 20.9 Å². The van der Waals surface area contributed by atoms with E-state index in [0.717, 1.165) is 45.5 Å². The largest absolute Gasteiger partial charge is 0.457 e. The minimum Gasteiger partial charge on any atom is -0.457 e. The van der Waals surface area contributed by atoms with E-state index in [-0.39, 0.29) is 10.8 Å². The number of hydrogen-bond donors (Lipinski definition) is 2. The molecule has 0 radical (unpaired) electrons. The lowest BCUT2D eigenvalue weighted by atomic mass is 9.78. The molecule has 46 heavy (non-hydrogen) atoms. The van der Waals surface area contributed by atoms with Crippen LogP contribution in [0.25, 0.3) is 11.1 Å². The zero-order chi connectivity index (χ0) is 32.3. The summed E-state index contributed by atoms with van der Waals surface area (Å²) in [6, 6.07) is 49.0. The molecular weight excluding hydrogens is 564 g/mol. The molecule has 6 rings (SSSR count). The highest BCUT2D eigenvalue weighted by atomic mass is 16.5. The summed E-state index contributed by atoms with van der Waals surface area (Å²) in [6.07, 6.45) is 0. The Labute approximate surface area is 272 Å². The molecule has 0 bridgehead atoms. The highest BCUT2D eigenvalue weighted by Gasteiger charge is 2.24. The molecule has 0 fully saturated rings. The van der Waals surface area contributed by atoms with Crippen molar-refractivity contribution in [3.05, 3.63) is 168 Å². The zero-order valence-corrected chi connectivity index (χ0v) is 26.8. The second kappa shape index (κ2) is 12.5. The molecule has 0 aliphatic heterocycles. The molecule has 0 aromatic heterocycles. The highest BCUT2D eigenvalue weighted by Crippen LogP contribution is 2.36. The van der Waals surface area contributed by atoms with E-state index in [4.69, 9.17) is 20.9 Å². The number of nitrogens with two attached hydrogens (primary N) is 2. The van der Waals surface area contributed by atoms with Crippen LogP contribution in [0.2, 0.25) is 0 Å². The van der Waals surface area contributed by atoms with Gasteiger partial charge in [0.15, 0.2) is 0 Å². The first kappa shape index (κ1) is 30.5. The van der Waals surface area contributed by atoms with Crippen molar-refractivity contribution in [1.29, 1.82) is 0 Å². The zero-order valence-electron chi connectivity index (χ0n) is 26.8. The lowest BCUT2D eigenvalue weighted by Crippen LogP contribution is -2.18. The molecule has 0 amide bonds. The normalized spacial score (nSPS) is 11.7. The summed E-state index contributed by atoms with van der Waals surface area (Å²) in [5.74, 6) is 3.16. The summed E-state index contributed by atoms with van der Waals surface area (Å²) in [4.78, 5) is 0. The quantitative estimate of drug-likeness (QED) is 0.161. The van der Waals surface area contributed by atoms with E-state index in [1.165, 1.54) is 22.3 Å². The summed E-state index contributed by atoms with van der Waals surface area (Å²) in [5, 5.41) is 0. The third kappa shape index (κ3) is 6.62. The molecule has 0 atom stereocenters. The van der Waals surface area contributed by atoms with Gasteiger partial charge in [-0.1, -0.05) is 100 Å². The predicted octanol–water partition coefficient (Wildman–Crippen LogP) is 10.8. The Hall–Kier alpha value is -5.48. The van der Waals surface area contributed by atoms with Gasteiger partial charge in [-0.2, -0.15) is 0 Å². The van der Waals surface area contributed by atoms with Gasteiger partial charge in [-0.15, -0.1) is 0 Å². The van der Waals surface area contributed by atoms with Crippen LogP contribution in [0.3, 0.4) is 0 Å². The smallest absolute Gasteiger partial charge is 0.127 e. The summed E-state index contributed by atoms with van der Waals surface area (Å²) >= 11 is 0. The van der Waals surface area contributed by atoms with Crippen molar-refractivity contribution < 1.29 is 9.47 Å². The van der Waals surface area contributed by atoms with Gasteiger partial charge >= 0.3 is 0 Å². The fourth-order valence-corrected chi connectivity index (χ4v) is 5.77. The number of anilines is 2. The third-order valence-corrected chi connectivity index (χ3v) is 8.88. The minimum absolute atomic E-state index is 0.170. The average molecular weight is 605 g/mol. The van der Waals surface area contributed by atoms with Crippen LogP contribution >= 0.6 is 0 Å².